The number of ether oxygens (including phenoxy) is 1. The number of nitrogens with zero attached hydrogens (tertiary/aromatic N) is 1. The third-order valence-electron chi connectivity index (χ3n) is 2.61. The average Bonchev–Trinajstić information content (AvgIpc) is 2.41. The number of halogens is 1. The number of benzene rings is 1. The largest absolute Gasteiger partial charge is 0.492 e. The normalized spacial score (nSPS) is 10.4. The van der Waals surface area contributed by atoms with Crippen molar-refractivity contribution in [3.8, 4) is 5.75 Å². The number of amides is 1. The van der Waals surface area contributed by atoms with Gasteiger partial charge in [-0.15, -0.1) is 0 Å². The number of carbonyl (C=O) groups is 2. The highest BCUT2D eigenvalue weighted by molar-refractivity contribution is 6.30. The number of nitrogens with one attached hydrogen (secondary N) is 1. The van der Waals surface area contributed by atoms with Crippen LogP contribution in [0.25, 0.3) is 0 Å². The molecule has 6 nitrogen and oxygen atoms in total. The van der Waals surface area contributed by atoms with Crippen LogP contribution in [0.4, 0.5) is 0 Å². The zero-order valence-electron chi connectivity index (χ0n) is 11.8. The van der Waals surface area contributed by atoms with Crippen LogP contribution in [0.3, 0.4) is 0 Å². The second kappa shape index (κ2) is 9.20. The zero-order valence-corrected chi connectivity index (χ0v) is 12.6. The molecule has 21 heavy (non-hydrogen) atoms. The Hall–Kier alpha value is -1.79. The first-order valence-electron chi connectivity index (χ1n) is 6.53. The van der Waals surface area contributed by atoms with Gasteiger partial charge in [-0.3, -0.25) is 14.5 Å². The summed E-state index contributed by atoms with van der Waals surface area (Å²) < 4.78 is 5.43. The van der Waals surface area contributed by atoms with Crippen molar-refractivity contribution in [1.82, 2.24) is 10.2 Å². The minimum atomic E-state index is -0.878. The summed E-state index contributed by atoms with van der Waals surface area (Å²) in [4.78, 5) is 23.6. The lowest BCUT2D eigenvalue weighted by Gasteiger charge is -2.15. The molecule has 0 saturated heterocycles. The van der Waals surface area contributed by atoms with Crippen LogP contribution in [-0.4, -0.2) is 55.2 Å². The van der Waals surface area contributed by atoms with Crippen LogP contribution in [0.2, 0.25) is 5.02 Å². The first-order valence-corrected chi connectivity index (χ1v) is 6.90. The first kappa shape index (κ1) is 17.3. The molecule has 116 valence electrons. The highest BCUT2D eigenvalue weighted by Gasteiger charge is 2.07. The van der Waals surface area contributed by atoms with Crippen LogP contribution in [-0.2, 0) is 9.59 Å². The van der Waals surface area contributed by atoms with E-state index >= 15 is 0 Å². The van der Waals surface area contributed by atoms with Crippen molar-refractivity contribution in [2.24, 2.45) is 0 Å². The molecular formula is C14H19ClN2O4. The number of hydrogen-bond donors (Lipinski definition) is 2. The Morgan fingerprint density at radius 2 is 2.19 bits per heavy atom. The van der Waals surface area contributed by atoms with E-state index in [1.54, 1.807) is 36.2 Å². The van der Waals surface area contributed by atoms with E-state index in [0.29, 0.717) is 30.5 Å². The first-order chi connectivity index (χ1) is 9.97. The predicted octanol–water partition coefficient (Wildman–Crippen LogP) is 1.24. The van der Waals surface area contributed by atoms with Gasteiger partial charge in [0.05, 0.1) is 19.5 Å². The van der Waals surface area contributed by atoms with Crippen LogP contribution >= 0.6 is 11.6 Å². The van der Waals surface area contributed by atoms with Crippen molar-refractivity contribution in [1.29, 1.82) is 0 Å². The van der Waals surface area contributed by atoms with Gasteiger partial charge in [0, 0.05) is 11.6 Å². The minimum absolute atomic E-state index is 0.0155. The standard InChI is InChI=1S/C14H19ClN2O4/c1-17(7-5-14(19)20)10-13(18)16-6-8-21-12-4-2-3-11(15)9-12/h2-4,9H,5-8,10H2,1H3,(H,16,18)(H,19,20). The fourth-order valence-corrected chi connectivity index (χ4v) is 1.76. The van der Waals surface area contributed by atoms with Crippen molar-refractivity contribution in [2.75, 3.05) is 33.3 Å². The summed E-state index contributed by atoms with van der Waals surface area (Å²) in [6.45, 7) is 1.20. The maximum atomic E-state index is 11.6. The molecule has 1 amide bonds. The third kappa shape index (κ3) is 8.16. The van der Waals surface area contributed by atoms with Gasteiger partial charge < -0.3 is 15.2 Å². The predicted molar refractivity (Wildman–Crippen MR) is 79.7 cm³/mol. The van der Waals surface area contributed by atoms with E-state index in [2.05, 4.69) is 5.32 Å². The number of aliphatic carboxylic acids is 1. The van der Waals surface area contributed by atoms with Crippen molar-refractivity contribution in [2.45, 2.75) is 6.42 Å². The molecule has 0 aliphatic carbocycles. The summed E-state index contributed by atoms with van der Waals surface area (Å²) in [5.74, 6) is -0.398. The fraction of sp³-hybridized carbons (Fsp3) is 0.429. The number of carboxylic acid groups (broad SMARTS) is 1. The minimum Gasteiger partial charge on any atom is -0.492 e. The van der Waals surface area contributed by atoms with Gasteiger partial charge in [0.2, 0.25) is 5.91 Å². The summed E-state index contributed by atoms with van der Waals surface area (Å²) >= 11 is 5.82. The molecule has 0 saturated carbocycles. The maximum Gasteiger partial charge on any atom is 0.304 e. The van der Waals surface area contributed by atoms with E-state index in [1.807, 2.05) is 0 Å². The molecule has 0 unspecified atom stereocenters. The van der Waals surface area contributed by atoms with E-state index < -0.39 is 5.97 Å². The molecule has 0 fully saturated rings. The Morgan fingerprint density at radius 3 is 2.86 bits per heavy atom. The maximum absolute atomic E-state index is 11.6. The summed E-state index contributed by atoms with van der Waals surface area (Å²) in [6, 6.07) is 7.02. The molecule has 0 aliphatic heterocycles. The number of carbonyl (C=O) groups excluding carboxylic acids is 1. The topological polar surface area (TPSA) is 78.9 Å². The fourth-order valence-electron chi connectivity index (χ4n) is 1.58. The molecule has 0 heterocycles. The molecule has 0 aromatic heterocycles. The van der Waals surface area contributed by atoms with Crippen LogP contribution < -0.4 is 10.1 Å². The van der Waals surface area contributed by atoms with Crippen molar-refractivity contribution in [3.05, 3.63) is 29.3 Å². The van der Waals surface area contributed by atoms with Gasteiger partial charge in [-0.05, 0) is 25.2 Å². The second-order valence-electron chi connectivity index (χ2n) is 4.54. The van der Waals surface area contributed by atoms with E-state index in [4.69, 9.17) is 21.4 Å². The van der Waals surface area contributed by atoms with Gasteiger partial charge in [-0.2, -0.15) is 0 Å². The number of rotatable bonds is 9. The smallest absolute Gasteiger partial charge is 0.304 e. The van der Waals surface area contributed by atoms with E-state index in [1.165, 1.54) is 0 Å². The van der Waals surface area contributed by atoms with Crippen molar-refractivity contribution in [3.63, 3.8) is 0 Å². The van der Waals surface area contributed by atoms with Crippen molar-refractivity contribution >= 4 is 23.5 Å². The van der Waals surface area contributed by atoms with E-state index in [-0.39, 0.29) is 18.9 Å². The van der Waals surface area contributed by atoms with Crippen LogP contribution in [0.5, 0.6) is 5.75 Å². The second-order valence-corrected chi connectivity index (χ2v) is 4.97. The summed E-state index contributed by atoms with van der Waals surface area (Å²) in [7, 11) is 1.70. The third-order valence-corrected chi connectivity index (χ3v) is 2.85. The quantitative estimate of drug-likeness (QED) is 0.671. The molecule has 7 heteroatoms. The molecular weight excluding hydrogens is 296 g/mol. The van der Waals surface area contributed by atoms with Crippen LogP contribution in [0.1, 0.15) is 6.42 Å². The van der Waals surface area contributed by atoms with Gasteiger partial charge >= 0.3 is 5.97 Å². The molecule has 0 radical (unpaired) electrons. The SMILES string of the molecule is CN(CCC(=O)O)CC(=O)NCCOc1cccc(Cl)c1. The summed E-state index contributed by atoms with van der Waals surface area (Å²) in [5, 5.41) is 11.8. The number of hydrogen-bond acceptors (Lipinski definition) is 4. The van der Waals surface area contributed by atoms with E-state index in [0.717, 1.165) is 0 Å². The summed E-state index contributed by atoms with van der Waals surface area (Å²) in [5.41, 5.74) is 0. The van der Waals surface area contributed by atoms with Crippen LogP contribution in [0, 0.1) is 0 Å². The molecule has 0 bridgehead atoms. The molecule has 2 N–H and O–H groups in total. The lowest BCUT2D eigenvalue weighted by molar-refractivity contribution is -0.137. The molecule has 1 rings (SSSR count). The Bertz CT molecular complexity index is 482. The molecule has 0 spiro atoms. The Labute approximate surface area is 128 Å². The lowest BCUT2D eigenvalue weighted by Crippen LogP contribution is -2.37. The van der Waals surface area contributed by atoms with Gasteiger partial charge in [0.1, 0.15) is 12.4 Å². The van der Waals surface area contributed by atoms with Crippen LogP contribution in [0.15, 0.2) is 24.3 Å². The number of likely N-dealkylation sites (N-methyl/N-ethyl adjacent to an activating group) is 1. The van der Waals surface area contributed by atoms with Gasteiger partial charge in [0.15, 0.2) is 0 Å². The number of carboxylic acids is 1. The zero-order chi connectivity index (χ0) is 15.7. The van der Waals surface area contributed by atoms with E-state index in [9.17, 15) is 9.59 Å². The van der Waals surface area contributed by atoms with Crippen molar-refractivity contribution < 1.29 is 19.4 Å². The summed E-state index contributed by atoms with van der Waals surface area (Å²) in [6.07, 6.45) is 0.0155. The van der Waals surface area contributed by atoms with Gasteiger partial charge in [0.25, 0.3) is 0 Å². The average molecular weight is 315 g/mol. The van der Waals surface area contributed by atoms with Gasteiger partial charge in [-0.25, -0.2) is 0 Å². The highest BCUT2D eigenvalue weighted by Crippen LogP contribution is 2.16. The monoisotopic (exact) mass is 314 g/mol. The molecule has 0 aliphatic rings. The molecule has 0 atom stereocenters. The van der Waals surface area contributed by atoms with Gasteiger partial charge in [-0.1, -0.05) is 17.7 Å². The lowest BCUT2D eigenvalue weighted by atomic mass is 10.3. The Morgan fingerprint density at radius 1 is 1.43 bits per heavy atom. The molecule has 1 aromatic carbocycles. The Kier molecular flexibility index (Phi) is 7.56. The molecule has 1 aromatic rings. The highest BCUT2D eigenvalue weighted by atomic mass is 35.5. The Balaban J connectivity index is 2.14.